The first-order chi connectivity index (χ1) is 10.1. The Balaban J connectivity index is 1.91. The van der Waals surface area contributed by atoms with Crippen molar-refractivity contribution in [2.24, 2.45) is 0 Å². The molecule has 0 heterocycles. The molecule has 0 spiro atoms. The van der Waals surface area contributed by atoms with Crippen molar-refractivity contribution in [1.29, 1.82) is 0 Å². The normalized spacial score (nSPS) is 10.0. The number of benzene rings is 2. The molecule has 21 heavy (non-hydrogen) atoms. The van der Waals surface area contributed by atoms with Gasteiger partial charge in [0.2, 0.25) is 5.91 Å². The van der Waals surface area contributed by atoms with Crippen molar-refractivity contribution in [2.45, 2.75) is 6.92 Å². The van der Waals surface area contributed by atoms with Gasteiger partial charge in [0, 0.05) is 16.3 Å². The maximum atomic E-state index is 11.8. The summed E-state index contributed by atoms with van der Waals surface area (Å²) >= 11 is 5.98. The number of nitrogens with one attached hydrogen (secondary N) is 2. The van der Waals surface area contributed by atoms with Crippen LogP contribution in [-0.4, -0.2) is 18.4 Å². The average molecular weight is 303 g/mol. The summed E-state index contributed by atoms with van der Waals surface area (Å²) < 4.78 is 0. The second-order valence-electron chi connectivity index (χ2n) is 4.51. The van der Waals surface area contributed by atoms with Crippen LogP contribution in [0.4, 0.5) is 5.69 Å². The molecule has 5 heteroatoms. The van der Waals surface area contributed by atoms with Gasteiger partial charge in [-0.3, -0.25) is 9.59 Å². The highest BCUT2D eigenvalue weighted by molar-refractivity contribution is 6.31. The highest BCUT2D eigenvalue weighted by Crippen LogP contribution is 2.22. The molecule has 2 aromatic carbocycles. The van der Waals surface area contributed by atoms with Gasteiger partial charge in [0.15, 0.2) is 0 Å². The van der Waals surface area contributed by atoms with Gasteiger partial charge in [0.05, 0.1) is 6.54 Å². The van der Waals surface area contributed by atoms with Crippen LogP contribution in [0.25, 0.3) is 0 Å². The van der Waals surface area contributed by atoms with Crippen molar-refractivity contribution in [2.75, 3.05) is 11.9 Å². The Morgan fingerprint density at radius 1 is 1.05 bits per heavy atom. The summed E-state index contributed by atoms with van der Waals surface area (Å²) in [5, 5.41) is 5.87. The third-order valence-corrected chi connectivity index (χ3v) is 3.40. The Labute approximate surface area is 128 Å². The average Bonchev–Trinajstić information content (AvgIpc) is 2.50. The maximum absolute atomic E-state index is 11.8. The Hall–Kier alpha value is -2.33. The third kappa shape index (κ3) is 4.07. The predicted molar refractivity (Wildman–Crippen MR) is 83.6 cm³/mol. The molecule has 0 unspecified atom stereocenters. The lowest BCUT2D eigenvalue weighted by Crippen LogP contribution is -2.32. The van der Waals surface area contributed by atoms with E-state index < -0.39 is 0 Å². The summed E-state index contributed by atoms with van der Waals surface area (Å²) in [6.45, 7) is 1.72. The standard InChI is InChI=1S/C16H15ClN2O2/c1-11-13(17)8-5-9-14(11)19-15(20)10-18-16(21)12-6-3-2-4-7-12/h2-9H,10H2,1H3,(H,18,21)(H,19,20). The highest BCUT2D eigenvalue weighted by atomic mass is 35.5. The van der Waals surface area contributed by atoms with Gasteiger partial charge < -0.3 is 10.6 Å². The van der Waals surface area contributed by atoms with Gasteiger partial charge >= 0.3 is 0 Å². The SMILES string of the molecule is Cc1c(Cl)cccc1NC(=O)CNC(=O)c1ccccc1. The smallest absolute Gasteiger partial charge is 0.251 e. The molecule has 4 nitrogen and oxygen atoms in total. The summed E-state index contributed by atoms with van der Waals surface area (Å²) in [6, 6.07) is 14.0. The molecule has 0 aliphatic carbocycles. The Morgan fingerprint density at radius 2 is 1.76 bits per heavy atom. The van der Waals surface area contributed by atoms with Crippen molar-refractivity contribution in [3.05, 3.63) is 64.7 Å². The van der Waals surface area contributed by atoms with Gasteiger partial charge in [-0.15, -0.1) is 0 Å². The quantitative estimate of drug-likeness (QED) is 0.912. The first-order valence-electron chi connectivity index (χ1n) is 6.46. The minimum absolute atomic E-state index is 0.0975. The molecule has 0 aliphatic rings. The van der Waals surface area contributed by atoms with E-state index in [0.717, 1.165) is 5.56 Å². The van der Waals surface area contributed by atoms with E-state index in [-0.39, 0.29) is 18.4 Å². The van der Waals surface area contributed by atoms with E-state index in [2.05, 4.69) is 10.6 Å². The summed E-state index contributed by atoms with van der Waals surface area (Å²) in [5.74, 6) is -0.585. The zero-order chi connectivity index (χ0) is 15.2. The van der Waals surface area contributed by atoms with Crippen LogP contribution in [0.3, 0.4) is 0 Å². The Bertz CT molecular complexity index is 657. The molecule has 0 aromatic heterocycles. The molecule has 2 N–H and O–H groups in total. The molecule has 2 amide bonds. The summed E-state index contributed by atoms with van der Waals surface area (Å²) in [4.78, 5) is 23.7. The monoisotopic (exact) mass is 302 g/mol. The molecular weight excluding hydrogens is 288 g/mol. The van der Waals surface area contributed by atoms with Crippen LogP contribution in [0.1, 0.15) is 15.9 Å². The molecular formula is C16H15ClN2O2. The predicted octanol–water partition coefficient (Wildman–Crippen LogP) is 3.02. The second kappa shape index (κ2) is 6.90. The van der Waals surface area contributed by atoms with E-state index in [1.165, 1.54) is 0 Å². The van der Waals surface area contributed by atoms with Crippen LogP contribution >= 0.6 is 11.6 Å². The molecule has 0 saturated carbocycles. The second-order valence-corrected chi connectivity index (χ2v) is 4.92. The Kier molecular flexibility index (Phi) is 4.95. The van der Waals surface area contributed by atoms with E-state index in [9.17, 15) is 9.59 Å². The number of rotatable bonds is 4. The topological polar surface area (TPSA) is 58.2 Å². The molecule has 108 valence electrons. The molecule has 0 radical (unpaired) electrons. The molecule has 0 saturated heterocycles. The van der Waals surface area contributed by atoms with Gasteiger partial charge in [-0.05, 0) is 36.8 Å². The number of amides is 2. The van der Waals surface area contributed by atoms with Crippen molar-refractivity contribution >= 4 is 29.1 Å². The zero-order valence-corrected chi connectivity index (χ0v) is 12.3. The van der Waals surface area contributed by atoms with E-state index in [0.29, 0.717) is 16.3 Å². The van der Waals surface area contributed by atoms with Crippen LogP contribution in [0, 0.1) is 6.92 Å². The first-order valence-corrected chi connectivity index (χ1v) is 6.84. The summed E-state index contributed by atoms with van der Waals surface area (Å²) in [5.41, 5.74) is 1.95. The van der Waals surface area contributed by atoms with Gasteiger partial charge in [0.25, 0.3) is 5.91 Å². The molecule has 0 bridgehead atoms. The zero-order valence-electron chi connectivity index (χ0n) is 11.5. The molecule has 2 rings (SSSR count). The van der Waals surface area contributed by atoms with E-state index in [4.69, 9.17) is 11.6 Å². The lowest BCUT2D eigenvalue weighted by Gasteiger charge is -2.10. The number of carbonyl (C=O) groups excluding carboxylic acids is 2. The number of carbonyl (C=O) groups is 2. The van der Waals surface area contributed by atoms with Crippen LogP contribution in [0.15, 0.2) is 48.5 Å². The third-order valence-electron chi connectivity index (χ3n) is 2.99. The molecule has 0 atom stereocenters. The fourth-order valence-electron chi connectivity index (χ4n) is 1.79. The number of hydrogen-bond donors (Lipinski definition) is 2. The van der Waals surface area contributed by atoms with Crippen LogP contribution in [0.2, 0.25) is 5.02 Å². The summed E-state index contributed by atoms with van der Waals surface area (Å²) in [7, 11) is 0. The fourth-order valence-corrected chi connectivity index (χ4v) is 1.96. The van der Waals surface area contributed by atoms with Crippen molar-refractivity contribution in [3.8, 4) is 0 Å². The van der Waals surface area contributed by atoms with Crippen LogP contribution in [-0.2, 0) is 4.79 Å². The maximum Gasteiger partial charge on any atom is 0.251 e. The first kappa shape index (κ1) is 15.1. The van der Waals surface area contributed by atoms with Gasteiger partial charge in [-0.1, -0.05) is 35.9 Å². The van der Waals surface area contributed by atoms with Gasteiger partial charge in [-0.2, -0.15) is 0 Å². The Morgan fingerprint density at radius 3 is 2.48 bits per heavy atom. The summed E-state index contributed by atoms with van der Waals surface area (Å²) in [6.07, 6.45) is 0. The van der Waals surface area contributed by atoms with E-state index in [1.54, 1.807) is 42.5 Å². The molecule has 2 aromatic rings. The van der Waals surface area contributed by atoms with Gasteiger partial charge in [0.1, 0.15) is 0 Å². The number of hydrogen-bond acceptors (Lipinski definition) is 2. The highest BCUT2D eigenvalue weighted by Gasteiger charge is 2.09. The van der Waals surface area contributed by atoms with E-state index in [1.807, 2.05) is 13.0 Å². The van der Waals surface area contributed by atoms with E-state index >= 15 is 0 Å². The molecule has 0 aliphatic heterocycles. The fraction of sp³-hybridized carbons (Fsp3) is 0.125. The number of anilines is 1. The van der Waals surface area contributed by atoms with Crippen LogP contribution in [0.5, 0.6) is 0 Å². The van der Waals surface area contributed by atoms with Crippen molar-refractivity contribution in [3.63, 3.8) is 0 Å². The van der Waals surface area contributed by atoms with Crippen LogP contribution < -0.4 is 10.6 Å². The van der Waals surface area contributed by atoms with Crippen molar-refractivity contribution in [1.82, 2.24) is 5.32 Å². The molecule has 0 fully saturated rings. The lowest BCUT2D eigenvalue weighted by molar-refractivity contribution is -0.115. The number of halogens is 1. The lowest BCUT2D eigenvalue weighted by atomic mass is 10.2. The van der Waals surface area contributed by atoms with Crippen molar-refractivity contribution < 1.29 is 9.59 Å². The largest absolute Gasteiger partial charge is 0.343 e. The van der Waals surface area contributed by atoms with Gasteiger partial charge in [-0.25, -0.2) is 0 Å². The minimum atomic E-state index is -0.301. The minimum Gasteiger partial charge on any atom is -0.343 e.